The average molecular weight is 449 g/mol. The fourth-order valence-electron chi connectivity index (χ4n) is 3.71. The Labute approximate surface area is 178 Å². The van der Waals surface area contributed by atoms with Crippen LogP contribution in [-0.4, -0.2) is 43.1 Å². The number of aromatic nitrogens is 2. The van der Waals surface area contributed by atoms with E-state index < -0.39 is 21.7 Å². The van der Waals surface area contributed by atoms with Gasteiger partial charge in [-0.1, -0.05) is 17.3 Å². The molecule has 7 nitrogen and oxygen atoms in total. The third kappa shape index (κ3) is 4.45. The Morgan fingerprint density at radius 1 is 1.19 bits per heavy atom. The van der Waals surface area contributed by atoms with Gasteiger partial charge in [-0.05, 0) is 49.1 Å². The Hall–Kier alpha value is -2.85. The minimum absolute atomic E-state index is 0.0162. The molecule has 0 radical (unpaired) electrons. The zero-order chi connectivity index (χ0) is 22.0. The maximum Gasteiger partial charge on any atom is 0.243 e. The molecule has 0 amide bonds. The van der Waals surface area contributed by atoms with Crippen LogP contribution in [0.4, 0.5) is 8.78 Å². The van der Waals surface area contributed by atoms with Crippen LogP contribution in [0.15, 0.2) is 51.9 Å². The van der Waals surface area contributed by atoms with Crippen LogP contribution in [0, 0.1) is 17.6 Å². The molecule has 1 aliphatic heterocycles. The van der Waals surface area contributed by atoms with Gasteiger partial charge in [0, 0.05) is 19.5 Å². The van der Waals surface area contributed by atoms with Crippen LogP contribution in [0.5, 0.6) is 5.75 Å². The maximum atomic E-state index is 14.0. The van der Waals surface area contributed by atoms with Crippen LogP contribution in [0.25, 0.3) is 11.4 Å². The molecule has 0 N–H and O–H groups in total. The first-order valence-corrected chi connectivity index (χ1v) is 11.2. The Balaban J connectivity index is 1.48. The van der Waals surface area contributed by atoms with E-state index in [0.717, 1.165) is 12.5 Å². The summed E-state index contributed by atoms with van der Waals surface area (Å²) in [6.07, 6.45) is 1.79. The van der Waals surface area contributed by atoms with Gasteiger partial charge in [-0.2, -0.15) is 9.29 Å². The lowest BCUT2D eigenvalue weighted by atomic mass is 9.96. The van der Waals surface area contributed by atoms with E-state index >= 15 is 0 Å². The lowest BCUT2D eigenvalue weighted by molar-refractivity contribution is 0.247. The molecule has 0 saturated carbocycles. The van der Waals surface area contributed by atoms with Crippen molar-refractivity contribution in [1.29, 1.82) is 0 Å². The van der Waals surface area contributed by atoms with E-state index in [2.05, 4.69) is 10.1 Å². The van der Waals surface area contributed by atoms with Crippen molar-refractivity contribution in [2.75, 3.05) is 20.2 Å². The molecule has 2 heterocycles. The fourth-order valence-corrected chi connectivity index (χ4v) is 5.27. The standard InChI is InChI=1S/C21H21F2N3O4S/c1-29-19-9-8-15(12-18(19)23)31(27,28)26-10-4-5-14(13-26)11-20-24-21(25-30-20)16-6-2-3-7-17(16)22/h2-3,6-9,12,14H,4-5,10-11,13H2,1H3. The van der Waals surface area contributed by atoms with Crippen molar-refractivity contribution in [3.8, 4) is 17.1 Å². The number of benzene rings is 2. The molecule has 0 bridgehead atoms. The van der Waals surface area contributed by atoms with Crippen LogP contribution < -0.4 is 4.74 Å². The van der Waals surface area contributed by atoms with Crippen LogP contribution in [-0.2, 0) is 16.4 Å². The van der Waals surface area contributed by atoms with Crippen molar-refractivity contribution < 1.29 is 26.5 Å². The number of hydrogen-bond donors (Lipinski definition) is 0. The molecule has 1 unspecified atom stereocenters. The summed E-state index contributed by atoms with van der Waals surface area (Å²) in [6.45, 7) is 0.587. The van der Waals surface area contributed by atoms with Crippen molar-refractivity contribution in [3.05, 3.63) is 60.0 Å². The SMILES string of the molecule is COc1ccc(S(=O)(=O)N2CCCC(Cc3nc(-c4ccccc4F)no3)C2)cc1F. The molecular weight excluding hydrogens is 428 g/mol. The molecule has 1 saturated heterocycles. The smallest absolute Gasteiger partial charge is 0.243 e. The molecule has 0 aliphatic carbocycles. The van der Waals surface area contributed by atoms with Gasteiger partial charge in [-0.3, -0.25) is 0 Å². The van der Waals surface area contributed by atoms with Gasteiger partial charge < -0.3 is 9.26 Å². The highest BCUT2D eigenvalue weighted by molar-refractivity contribution is 7.89. The zero-order valence-electron chi connectivity index (χ0n) is 16.8. The molecule has 1 fully saturated rings. The minimum atomic E-state index is -3.86. The van der Waals surface area contributed by atoms with Gasteiger partial charge >= 0.3 is 0 Å². The third-order valence-electron chi connectivity index (χ3n) is 5.29. The van der Waals surface area contributed by atoms with Crippen molar-refractivity contribution in [2.45, 2.75) is 24.2 Å². The summed E-state index contributed by atoms with van der Waals surface area (Å²) in [5.74, 6) is -0.779. The van der Waals surface area contributed by atoms with E-state index in [1.807, 2.05) is 0 Å². The fraction of sp³-hybridized carbons (Fsp3) is 0.333. The lowest BCUT2D eigenvalue weighted by Gasteiger charge is -2.31. The summed E-state index contributed by atoms with van der Waals surface area (Å²) < 4.78 is 65.4. The van der Waals surface area contributed by atoms with Crippen LogP contribution in [0.3, 0.4) is 0 Å². The first-order chi connectivity index (χ1) is 14.9. The summed E-state index contributed by atoms with van der Waals surface area (Å²) in [5, 5.41) is 3.84. The summed E-state index contributed by atoms with van der Waals surface area (Å²) in [5.41, 5.74) is 0.242. The van der Waals surface area contributed by atoms with Crippen molar-refractivity contribution in [3.63, 3.8) is 0 Å². The monoisotopic (exact) mass is 449 g/mol. The number of piperidine rings is 1. The maximum absolute atomic E-state index is 14.0. The molecule has 10 heteroatoms. The van der Waals surface area contributed by atoms with Crippen LogP contribution in [0.2, 0.25) is 0 Å². The highest BCUT2D eigenvalue weighted by atomic mass is 32.2. The average Bonchev–Trinajstić information content (AvgIpc) is 3.22. The molecule has 31 heavy (non-hydrogen) atoms. The number of sulfonamides is 1. The Kier molecular flexibility index (Phi) is 6.01. The molecule has 3 aromatic rings. The van der Waals surface area contributed by atoms with E-state index in [-0.39, 0.29) is 34.5 Å². The number of rotatable bonds is 6. The van der Waals surface area contributed by atoms with Gasteiger partial charge in [0.25, 0.3) is 0 Å². The summed E-state index contributed by atoms with van der Waals surface area (Å²) in [4.78, 5) is 4.14. The van der Waals surface area contributed by atoms with Gasteiger partial charge in [0.1, 0.15) is 5.82 Å². The quantitative estimate of drug-likeness (QED) is 0.571. The second-order valence-electron chi connectivity index (χ2n) is 7.36. The predicted molar refractivity (Wildman–Crippen MR) is 108 cm³/mol. The largest absolute Gasteiger partial charge is 0.494 e. The Bertz CT molecular complexity index is 1180. The van der Waals surface area contributed by atoms with Gasteiger partial charge in [0.05, 0.1) is 17.6 Å². The van der Waals surface area contributed by atoms with Gasteiger partial charge in [-0.15, -0.1) is 0 Å². The highest BCUT2D eigenvalue weighted by Crippen LogP contribution is 2.28. The number of hydrogen-bond acceptors (Lipinski definition) is 6. The molecule has 1 aromatic heterocycles. The second-order valence-corrected chi connectivity index (χ2v) is 9.30. The second kappa shape index (κ2) is 8.72. The number of ether oxygens (including phenoxy) is 1. The minimum Gasteiger partial charge on any atom is -0.494 e. The van der Waals surface area contributed by atoms with Crippen molar-refractivity contribution >= 4 is 10.0 Å². The molecule has 4 rings (SSSR count). The third-order valence-corrected chi connectivity index (χ3v) is 7.15. The summed E-state index contributed by atoms with van der Waals surface area (Å²) in [6, 6.07) is 9.73. The summed E-state index contributed by atoms with van der Waals surface area (Å²) in [7, 11) is -2.54. The first kappa shape index (κ1) is 21.4. The molecule has 1 aliphatic rings. The molecule has 2 aromatic carbocycles. The molecule has 164 valence electrons. The van der Waals surface area contributed by atoms with Gasteiger partial charge in [-0.25, -0.2) is 17.2 Å². The summed E-state index contributed by atoms with van der Waals surface area (Å²) >= 11 is 0. The van der Waals surface area contributed by atoms with E-state index in [1.54, 1.807) is 18.2 Å². The van der Waals surface area contributed by atoms with Crippen LogP contribution in [0.1, 0.15) is 18.7 Å². The highest BCUT2D eigenvalue weighted by Gasteiger charge is 2.32. The van der Waals surface area contributed by atoms with Gasteiger partial charge in [0.15, 0.2) is 11.6 Å². The first-order valence-electron chi connectivity index (χ1n) is 9.79. The Morgan fingerprint density at radius 2 is 2.00 bits per heavy atom. The van der Waals surface area contributed by atoms with Crippen LogP contribution >= 0.6 is 0 Å². The number of methoxy groups -OCH3 is 1. The van der Waals surface area contributed by atoms with E-state index in [0.29, 0.717) is 25.3 Å². The van der Waals surface area contributed by atoms with E-state index in [9.17, 15) is 17.2 Å². The topological polar surface area (TPSA) is 85.5 Å². The number of nitrogens with zero attached hydrogens (tertiary/aromatic N) is 3. The Morgan fingerprint density at radius 3 is 2.74 bits per heavy atom. The molecule has 1 atom stereocenters. The lowest BCUT2D eigenvalue weighted by Crippen LogP contribution is -2.40. The van der Waals surface area contributed by atoms with E-state index in [1.165, 1.54) is 29.6 Å². The van der Waals surface area contributed by atoms with Gasteiger partial charge in [0.2, 0.25) is 21.7 Å². The normalized spacial score (nSPS) is 17.6. The molecular formula is C21H21F2N3O4S. The van der Waals surface area contributed by atoms with E-state index in [4.69, 9.17) is 9.26 Å². The molecule has 0 spiro atoms. The zero-order valence-corrected chi connectivity index (χ0v) is 17.6. The number of halogens is 2. The van der Waals surface area contributed by atoms with Crippen molar-refractivity contribution in [1.82, 2.24) is 14.4 Å². The van der Waals surface area contributed by atoms with Crippen molar-refractivity contribution in [2.24, 2.45) is 5.92 Å². The predicted octanol–water partition coefficient (Wildman–Crippen LogP) is 3.67.